The van der Waals surface area contributed by atoms with Crippen molar-refractivity contribution >= 4 is 34.7 Å². The number of rotatable bonds is 5. The average Bonchev–Trinajstić information content (AvgIpc) is 3.08. The molecule has 5 nitrogen and oxygen atoms in total. The van der Waals surface area contributed by atoms with Crippen LogP contribution in [-0.4, -0.2) is 28.7 Å². The summed E-state index contributed by atoms with van der Waals surface area (Å²) in [7, 11) is 0. The first-order valence-corrected chi connectivity index (χ1v) is 10.8. The van der Waals surface area contributed by atoms with Gasteiger partial charge in [-0.2, -0.15) is 0 Å². The molecular weight excluding hydrogens is 384 g/mol. The summed E-state index contributed by atoms with van der Waals surface area (Å²) in [5.74, 6) is -0.773. The van der Waals surface area contributed by atoms with Crippen LogP contribution < -0.4 is 4.90 Å². The maximum Gasteiger partial charge on any atom is 0.257 e. The van der Waals surface area contributed by atoms with Crippen LogP contribution in [0.5, 0.6) is 0 Å². The van der Waals surface area contributed by atoms with Gasteiger partial charge in [-0.1, -0.05) is 52.0 Å². The first kappa shape index (κ1) is 19.8. The molecule has 0 N–H and O–H groups in total. The molecule has 1 unspecified atom stereocenters. The third kappa shape index (κ3) is 3.10. The van der Waals surface area contributed by atoms with E-state index in [4.69, 9.17) is 0 Å². The number of para-hydroxylation sites is 1. The largest absolute Gasteiger partial charge is 0.325 e. The van der Waals surface area contributed by atoms with Crippen LogP contribution >= 0.6 is 11.3 Å². The van der Waals surface area contributed by atoms with Crippen LogP contribution in [0.3, 0.4) is 0 Å². The minimum absolute atomic E-state index is 0.0262. The highest BCUT2D eigenvalue weighted by Gasteiger charge is 2.69. The van der Waals surface area contributed by atoms with Crippen molar-refractivity contribution in [1.82, 2.24) is 4.90 Å². The number of nitrogens with zero attached hydrogens (tertiary/aromatic N) is 2. The predicted octanol–water partition coefficient (Wildman–Crippen LogP) is 4.09. The lowest BCUT2D eigenvalue weighted by molar-refractivity contribution is -0.141. The van der Waals surface area contributed by atoms with E-state index < -0.39 is 6.04 Å². The number of hydrogen-bond acceptors (Lipinski definition) is 4. The summed E-state index contributed by atoms with van der Waals surface area (Å²) in [5, 5.41) is 1.96. The number of hydrogen-bond donors (Lipinski definition) is 0. The molecule has 2 aliphatic rings. The van der Waals surface area contributed by atoms with Crippen LogP contribution in [0.25, 0.3) is 0 Å². The van der Waals surface area contributed by atoms with Crippen LogP contribution in [0.1, 0.15) is 39.0 Å². The maximum absolute atomic E-state index is 13.6. The second kappa shape index (κ2) is 6.80. The van der Waals surface area contributed by atoms with Gasteiger partial charge >= 0.3 is 0 Å². The molecule has 1 saturated carbocycles. The van der Waals surface area contributed by atoms with E-state index in [0.717, 1.165) is 4.88 Å². The topological polar surface area (TPSA) is 57.7 Å². The number of imide groups is 1. The Labute approximate surface area is 175 Å². The highest BCUT2D eigenvalue weighted by Crippen LogP contribution is 2.69. The smallest absolute Gasteiger partial charge is 0.257 e. The Morgan fingerprint density at radius 3 is 2.28 bits per heavy atom. The van der Waals surface area contributed by atoms with Gasteiger partial charge in [-0.05, 0) is 34.4 Å². The molecule has 1 aliphatic carbocycles. The molecule has 1 aliphatic heterocycles. The zero-order valence-corrected chi connectivity index (χ0v) is 18.0. The minimum Gasteiger partial charge on any atom is -0.325 e. The quantitative estimate of drug-likeness (QED) is 0.698. The Morgan fingerprint density at radius 2 is 1.72 bits per heavy atom. The monoisotopic (exact) mass is 410 g/mol. The molecule has 2 heterocycles. The minimum atomic E-state index is -0.760. The first-order valence-electron chi connectivity index (χ1n) is 9.91. The lowest BCUT2D eigenvalue weighted by Gasteiger charge is -2.28. The van der Waals surface area contributed by atoms with Gasteiger partial charge in [-0.15, -0.1) is 11.3 Å². The molecule has 2 fully saturated rings. The summed E-state index contributed by atoms with van der Waals surface area (Å²) in [6, 6.07) is 12.1. The van der Waals surface area contributed by atoms with Crippen molar-refractivity contribution in [2.24, 2.45) is 16.7 Å². The second-order valence-corrected chi connectivity index (χ2v) is 10.1. The van der Waals surface area contributed by atoms with E-state index in [1.165, 1.54) is 4.90 Å². The Morgan fingerprint density at radius 1 is 1.07 bits per heavy atom. The fourth-order valence-electron chi connectivity index (χ4n) is 4.60. The molecule has 2 aromatic rings. The van der Waals surface area contributed by atoms with Gasteiger partial charge in [-0.25, -0.2) is 4.90 Å². The van der Waals surface area contributed by atoms with Crippen LogP contribution in [0, 0.1) is 16.7 Å². The fourth-order valence-corrected chi connectivity index (χ4v) is 5.30. The predicted molar refractivity (Wildman–Crippen MR) is 113 cm³/mol. The number of carbonyl (C=O) groups is 3. The van der Waals surface area contributed by atoms with Crippen LogP contribution in [0.15, 0.2) is 47.8 Å². The number of thiophene rings is 1. The highest BCUT2D eigenvalue weighted by molar-refractivity contribution is 7.09. The van der Waals surface area contributed by atoms with Gasteiger partial charge in [0.15, 0.2) is 0 Å². The number of amides is 3. The molecule has 3 amide bonds. The van der Waals surface area contributed by atoms with E-state index in [9.17, 15) is 14.4 Å². The van der Waals surface area contributed by atoms with Crippen molar-refractivity contribution in [3.8, 4) is 0 Å². The molecule has 1 saturated heterocycles. The molecule has 1 aromatic heterocycles. The number of benzene rings is 1. The zero-order valence-electron chi connectivity index (χ0n) is 17.2. The molecule has 6 heteroatoms. The van der Waals surface area contributed by atoms with E-state index in [0.29, 0.717) is 12.2 Å². The number of anilines is 1. The molecule has 29 heavy (non-hydrogen) atoms. The maximum atomic E-state index is 13.6. The lowest BCUT2D eigenvalue weighted by atomic mass is 10.0. The summed E-state index contributed by atoms with van der Waals surface area (Å²) >= 11 is 1.55. The van der Waals surface area contributed by atoms with Gasteiger partial charge in [0, 0.05) is 10.8 Å². The third-order valence-corrected chi connectivity index (χ3v) is 7.83. The molecule has 0 bridgehead atoms. The van der Waals surface area contributed by atoms with Crippen molar-refractivity contribution in [3.05, 3.63) is 52.7 Å². The average molecular weight is 411 g/mol. The van der Waals surface area contributed by atoms with E-state index in [2.05, 4.69) is 27.7 Å². The Hall–Kier alpha value is -2.47. The summed E-state index contributed by atoms with van der Waals surface area (Å²) in [6.45, 7) is 8.73. The van der Waals surface area contributed by atoms with Crippen molar-refractivity contribution in [2.45, 2.75) is 46.7 Å². The molecule has 1 aromatic carbocycles. The van der Waals surface area contributed by atoms with Gasteiger partial charge in [0.2, 0.25) is 11.8 Å². The molecule has 4 rings (SSSR count). The van der Waals surface area contributed by atoms with E-state index in [1.807, 2.05) is 23.6 Å². The van der Waals surface area contributed by atoms with Crippen molar-refractivity contribution in [3.63, 3.8) is 0 Å². The van der Waals surface area contributed by atoms with E-state index in [-0.39, 0.29) is 40.9 Å². The normalized spacial score (nSPS) is 22.8. The molecule has 1 atom stereocenters. The Balaban J connectivity index is 1.66. The number of carbonyl (C=O) groups excluding carboxylic acids is 3. The second-order valence-electron chi connectivity index (χ2n) is 9.04. The third-order valence-electron chi connectivity index (χ3n) is 6.97. The molecule has 0 spiro atoms. The summed E-state index contributed by atoms with van der Waals surface area (Å²) in [6.07, 6.45) is 0.0262. The summed E-state index contributed by atoms with van der Waals surface area (Å²) < 4.78 is 0. The fraction of sp³-hybridized carbons (Fsp3) is 0.435. The van der Waals surface area contributed by atoms with Gasteiger partial charge < -0.3 is 4.90 Å². The van der Waals surface area contributed by atoms with Crippen molar-refractivity contribution in [1.29, 1.82) is 0 Å². The van der Waals surface area contributed by atoms with Crippen molar-refractivity contribution < 1.29 is 14.4 Å². The molecule has 0 radical (unpaired) electrons. The van der Waals surface area contributed by atoms with Gasteiger partial charge in [0.1, 0.15) is 6.04 Å². The standard InChI is InChI=1S/C23H26N2O3S/c1-22(2)19(23(22,3)4)21(28)24(14-16-11-8-12-29-16)17-13-18(26)25(20(17)27)15-9-6-5-7-10-15/h5-12,17,19H,13-14H2,1-4H3. The summed E-state index contributed by atoms with van der Waals surface area (Å²) in [4.78, 5) is 43.5. The van der Waals surface area contributed by atoms with Gasteiger partial charge in [-0.3, -0.25) is 14.4 Å². The Kier molecular flexibility index (Phi) is 4.65. The van der Waals surface area contributed by atoms with Gasteiger partial charge in [0.05, 0.1) is 18.7 Å². The van der Waals surface area contributed by atoms with Gasteiger partial charge in [0.25, 0.3) is 5.91 Å². The zero-order chi connectivity index (χ0) is 21.0. The SMILES string of the molecule is CC1(C)C(C(=O)N(Cc2cccs2)C2CC(=O)N(c3ccccc3)C2=O)C1(C)C. The molecule has 152 valence electrons. The van der Waals surface area contributed by atoms with Crippen molar-refractivity contribution in [2.75, 3.05) is 4.90 Å². The highest BCUT2D eigenvalue weighted by atomic mass is 32.1. The summed E-state index contributed by atoms with van der Waals surface area (Å²) in [5.41, 5.74) is 0.283. The van der Waals surface area contributed by atoms with E-state index >= 15 is 0 Å². The van der Waals surface area contributed by atoms with E-state index in [1.54, 1.807) is 40.5 Å². The Bertz CT molecular complexity index is 936. The van der Waals surface area contributed by atoms with Crippen LogP contribution in [-0.2, 0) is 20.9 Å². The lowest BCUT2D eigenvalue weighted by Crippen LogP contribution is -2.46. The first-order chi connectivity index (χ1) is 13.7. The van der Waals surface area contributed by atoms with Crippen LogP contribution in [0.4, 0.5) is 5.69 Å². The van der Waals surface area contributed by atoms with Crippen LogP contribution in [0.2, 0.25) is 0 Å². The molecular formula is C23H26N2O3S.